The third-order valence-corrected chi connectivity index (χ3v) is 3.73. The largest absolute Gasteiger partial charge is 0.491 e. The minimum Gasteiger partial charge on any atom is -0.491 e. The van der Waals surface area contributed by atoms with Crippen LogP contribution in [0.15, 0.2) is 23.3 Å². The molecular formula is C18H27N3O3. The highest BCUT2D eigenvalue weighted by atomic mass is 16.5. The Morgan fingerprint density at radius 3 is 2.75 bits per heavy atom. The van der Waals surface area contributed by atoms with Gasteiger partial charge in [-0.25, -0.2) is 5.43 Å². The molecule has 1 amide bonds. The molecule has 0 saturated heterocycles. The lowest BCUT2D eigenvalue weighted by atomic mass is 10.0. The molecule has 1 aliphatic heterocycles. The SMILES string of the molecule is Cc1ccc(C2=NNC(=O)CC2)cc1OCC(O)CNC(C)(C)C. The van der Waals surface area contributed by atoms with Gasteiger partial charge in [0.2, 0.25) is 5.91 Å². The van der Waals surface area contributed by atoms with E-state index in [2.05, 4.69) is 36.6 Å². The first kappa shape index (κ1) is 18.4. The molecule has 6 heteroatoms. The van der Waals surface area contributed by atoms with E-state index in [0.29, 0.717) is 19.4 Å². The second-order valence-electron chi connectivity index (χ2n) is 7.17. The molecule has 0 bridgehead atoms. The molecule has 1 heterocycles. The molecule has 3 N–H and O–H groups in total. The number of rotatable bonds is 6. The van der Waals surface area contributed by atoms with Gasteiger partial charge in [-0.05, 0) is 39.3 Å². The quantitative estimate of drug-likeness (QED) is 0.740. The van der Waals surface area contributed by atoms with E-state index in [1.54, 1.807) is 0 Å². The zero-order valence-corrected chi connectivity index (χ0v) is 14.8. The molecule has 1 unspecified atom stereocenters. The van der Waals surface area contributed by atoms with Gasteiger partial charge in [-0.1, -0.05) is 12.1 Å². The molecule has 1 aromatic carbocycles. The van der Waals surface area contributed by atoms with Crippen molar-refractivity contribution in [1.82, 2.24) is 10.7 Å². The molecule has 0 aromatic heterocycles. The molecule has 0 aliphatic carbocycles. The molecule has 2 rings (SSSR count). The molecule has 0 saturated carbocycles. The number of carbonyl (C=O) groups excluding carboxylic acids is 1. The van der Waals surface area contributed by atoms with Crippen molar-refractivity contribution in [2.45, 2.75) is 52.2 Å². The van der Waals surface area contributed by atoms with E-state index >= 15 is 0 Å². The Balaban J connectivity index is 1.97. The fraction of sp³-hybridized carbons (Fsp3) is 0.556. The summed E-state index contributed by atoms with van der Waals surface area (Å²) in [5, 5.41) is 17.4. The number of aliphatic hydroxyl groups excluding tert-OH is 1. The minimum absolute atomic E-state index is 0.0413. The molecule has 24 heavy (non-hydrogen) atoms. The Morgan fingerprint density at radius 2 is 2.12 bits per heavy atom. The van der Waals surface area contributed by atoms with Crippen LogP contribution in [0, 0.1) is 6.92 Å². The average Bonchev–Trinajstić information content (AvgIpc) is 2.52. The lowest BCUT2D eigenvalue weighted by Crippen LogP contribution is -2.42. The summed E-state index contributed by atoms with van der Waals surface area (Å²) in [6.07, 6.45) is 0.477. The van der Waals surface area contributed by atoms with Crippen LogP contribution in [0.25, 0.3) is 0 Å². The lowest BCUT2D eigenvalue weighted by Gasteiger charge is -2.23. The Kier molecular flexibility index (Phi) is 5.96. The van der Waals surface area contributed by atoms with Gasteiger partial charge in [0.1, 0.15) is 18.5 Å². The van der Waals surface area contributed by atoms with Crippen LogP contribution < -0.4 is 15.5 Å². The fourth-order valence-corrected chi connectivity index (χ4v) is 2.29. The van der Waals surface area contributed by atoms with Crippen LogP contribution in [0.2, 0.25) is 0 Å². The number of nitrogens with zero attached hydrogens (tertiary/aromatic N) is 1. The first-order valence-electron chi connectivity index (χ1n) is 8.27. The van der Waals surface area contributed by atoms with Crippen molar-refractivity contribution in [2.75, 3.05) is 13.2 Å². The summed E-state index contributed by atoms with van der Waals surface area (Å²) in [5.41, 5.74) is 5.23. The number of hydrogen-bond acceptors (Lipinski definition) is 5. The van der Waals surface area contributed by atoms with Crippen LogP contribution in [0.1, 0.15) is 44.7 Å². The number of amides is 1. The summed E-state index contributed by atoms with van der Waals surface area (Å²) in [5.74, 6) is 0.665. The first-order chi connectivity index (χ1) is 11.2. The lowest BCUT2D eigenvalue weighted by molar-refractivity contribution is -0.121. The molecular weight excluding hydrogens is 306 g/mol. The van der Waals surface area contributed by atoms with Crippen LogP contribution >= 0.6 is 0 Å². The second-order valence-corrected chi connectivity index (χ2v) is 7.17. The summed E-state index contributed by atoms with van der Waals surface area (Å²) in [6.45, 7) is 8.81. The number of benzene rings is 1. The number of nitrogens with one attached hydrogen (secondary N) is 2. The summed E-state index contributed by atoms with van der Waals surface area (Å²) >= 11 is 0. The van der Waals surface area contributed by atoms with E-state index in [0.717, 1.165) is 22.6 Å². The van der Waals surface area contributed by atoms with Crippen LogP contribution in [0.4, 0.5) is 0 Å². The van der Waals surface area contributed by atoms with Crippen molar-refractivity contribution in [3.8, 4) is 5.75 Å². The molecule has 0 fully saturated rings. The van der Waals surface area contributed by atoms with Gasteiger partial charge in [0.25, 0.3) is 0 Å². The zero-order valence-electron chi connectivity index (χ0n) is 14.8. The smallest absolute Gasteiger partial charge is 0.240 e. The summed E-state index contributed by atoms with van der Waals surface area (Å²) < 4.78 is 5.78. The van der Waals surface area contributed by atoms with Crippen molar-refractivity contribution in [3.63, 3.8) is 0 Å². The van der Waals surface area contributed by atoms with E-state index in [1.165, 1.54) is 0 Å². The molecule has 6 nitrogen and oxygen atoms in total. The predicted molar refractivity (Wildman–Crippen MR) is 94.4 cm³/mol. The maximum absolute atomic E-state index is 11.2. The second kappa shape index (κ2) is 7.77. The molecule has 0 radical (unpaired) electrons. The van der Waals surface area contributed by atoms with Crippen molar-refractivity contribution < 1.29 is 14.6 Å². The molecule has 1 aromatic rings. The summed E-state index contributed by atoms with van der Waals surface area (Å²) in [4.78, 5) is 11.2. The zero-order chi connectivity index (χ0) is 17.7. The van der Waals surface area contributed by atoms with E-state index in [-0.39, 0.29) is 18.1 Å². The normalized spacial score (nSPS) is 16.4. The van der Waals surface area contributed by atoms with Gasteiger partial charge < -0.3 is 15.2 Å². The van der Waals surface area contributed by atoms with E-state index < -0.39 is 6.10 Å². The van der Waals surface area contributed by atoms with Gasteiger partial charge in [0.05, 0.1) is 5.71 Å². The number of β-amino-alcohol motifs (C(OH)–C–C–N with tert-alkyl or cyclic N) is 1. The van der Waals surface area contributed by atoms with Crippen LogP contribution in [0.5, 0.6) is 5.75 Å². The number of aliphatic hydroxyl groups is 1. The van der Waals surface area contributed by atoms with Crippen molar-refractivity contribution in [3.05, 3.63) is 29.3 Å². The Hall–Kier alpha value is -1.92. The van der Waals surface area contributed by atoms with Crippen molar-refractivity contribution in [2.24, 2.45) is 5.10 Å². The highest BCUT2D eigenvalue weighted by Crippen LogP contribution is 2.22. The van der Waals surface area contributed by atoms with Gasteiger partial charge in [0, 0.05) is 30.5 Å². The third-order valence-electron chi connectivity index (χ3n) is 3.73. The van der Waals surface area contributed by atoms with E-state index in [4.69, 9.17) is 4.74 Å². The molecule has 1 aliphatic rings. The Labute approximate surface area is 143 Å². The van der Waals surface area contributed by atoms with E-state index in [1.807, 2.05) is 25.1 Å². The molecule has 1 atom stereocenters. The summed E-state index contributed by atoms with van der Waals surface area (Å²) in [7, 11) is 0. The van der Waals surface area contributed by atoms with E-state index in [9.17, 15) is 9.90 Å². The van der Waals surface area contributed by atoms with Crippen LogP contribution in [0.3, 0.4) is 0 Å². The molecule has 0 spiro atoms. The average molecular weight is 333 g/mol. The standard InChI is InChI=1S/C18H27N3O3/c1-12-5-6-13(15-7-8-17(23)21-20-15)9-16(12)24-11-14(22)10-19-18(2,3)4/h5-6,9,14,19,22H,7-8,10-11H2,1-4H3,(H,21,23). The highest BCUT2D eigenvalue weighted by Gasteiger charge is 2.16. The number of aryl methyl sites for hydroxylation is 1. The predicted octanol–water partition coefficient (Wildman–Crippen LogP) is 1.74. The Morgan fingerprint density at radius 1 is 1.38 bits per heavy atom. The number of carbonyl (C=O) groups is 1. The summed E-state index contributed by atoms with van der Waals surface area (Å²) in [6, 6.07) is 5.84. The Bertz CT molecular complexity index is 620. The van der Waals surface area contributed by atoms with Gasteiger partial charge >= 0.3 is 0 Å². The van der Waals surface area contributed by atoms with Gasteiger partial charge in [0.15, 0.2) is 0 Å². The first-order valence-corrected chi connectivity index (χ1v) is 8.27. The maximum atomic E-state index is 11.2. The molecule has 132 valence electrons. The minimum atomic E-state index is -0.585. The van der Waals surface area contributed by atoms with Crippen LogP contribution in [-0.4, -0.2) is 41.5 Å². The van der Waals surface area contributed by atoms with Crippen molar-refractivity contribution in [1.29, 1.82) is 0 Å². The third kappa shape index (κ3) is 5.62. The van der Waals surface area contributed by atoms with Gasteiger partial charge in [-0.3, -0.25) is 4.79 Å². The van der Waals surface area contributed by atoms with Crippen LogP contribution in [-0.2, 0) is 4.79 Å². The van der Waals surface area contributed by atoms with Crippen molar-refractivity contribution >= 4 is 11.6 Å². The topological polar surface area (TPSA) is 83.0 Å². The monoisotopic (exact) mass is 333 g/mol. The van der Waals surface area contributed by atoms with Gasteiger partial charge in [-0.15, -0.1) is 0 Å². The maximum Gasteiger partial charge on any atom is 0.240 e. The number of hydrazone groups is 1. The fourth-order valence-electron chi connectivity index (χ4n) is 2.29. The van der Waals surface area contributed by atoms with Gasteiger partial charge in [-0.2, -0.15) is 5.10 Å². The highest BCUT2D eigenvalue weighted by molar-refractivity contribution is 6.04. The number of ether oxygens (including phenoxy) is 1. The number of hydrogen-bond donors (Lipinski definition) is 3.